The van der Waals surface area contributed by atoms with Crippen molar-refractivity contribution in [2.45, 2.75) is 11.8 Å². The van der Waals surface area contributed by atoms with Crippen LogP contribution in [0.1, 0.15) is 33.2 Å². The molecule has 4 heteroatoms. The molecule has 1 aliphatic heterocycles. The number of carbonyl (C=O) groups excluding carboxylic acids is 2. The second-order valence-corrected chi connectivity index (χ2v) is 7.62. The molecule has 1 aromatic heterocycles. The average Bonchev–Trinajstić information content (AvgIpc) is 3.07. The molecule has 118 valence electrons. The highest BCUT2D eigenvalue weighted by molar-refractivity contribution is 7.99. The van der Waals surface area contributed by atoms with Gasteiger partial charge in [0.2, 0.25) is 0 Å². The highest BCUT2D eigenvalue weighted by atomic mass is 32.2. The lowest BCUT2D eigenvalue weighted by Crippen LogP contribution is -2.32. The van der Waals surface area contributed by atoms with Crippen molar-refractivity contribution in [3.8, 4) is 0 Å². The Labute approximate surface area is 147 Å². The van der Waals surface area contributed by atoms with Crippen LogP contribution in [-0.4, -0.2) is 17.3 Å². The molecule has 0 unspecified atom stereocenters. The van der Waals surface area contributed by atoms with Crippen molar-refractivity contribution in [3.63, 3.8) is 0 Å². The van der Waals surface area contributed by atoms with Gasteiger partial charge in [0, 0.05) is 42.7 Å². The van der Waals surface area contributed by atoms with Gasteiger partial charge >= 0.3 is 0 Å². The smallest absolute Gasteiger partial charge is 0.195 e. The summed E-state index contributed by atoms with van der Waals surface area (Å²) < 4.78 is 0.990. The van der Waals surface area contributed by atoms with Gasteiger partial charge in [-0.25, -0.2) is 0 Å². The van der Waals surface area contributed by atoms with E-state index in [2.05, 4.69) is 6.58 Å². The maximum Gasteiger partial charge on any atom is 0.195 e. The molecule has 0 radical (unpaired) electrons. The van der Waals surface area contributed by atoms with Crippen molar-refractivity contribution < 1.29 is 9.59 Å². The summed E-state index contributed by atoms with van der Waals surface area (Å²) in [5.74, 6) is 0.636. The van der Waals surface area contributed by atoms with E-state index < -0.39 is 0 Å². The van der Waals surface area contributed by atoms with Crippen LogP contribution in [0.4, 0.5) is 0 Å². The van der Waals surface area contributed by atoms with Crippen molar-refractivity contribution in [1.29, 1.82) is 0 Å². The lowest BCUT2D eigenvalue weighted by atomic mass is 9.80. The molecular formula is C20H14O2S2. The van der Waals surface area contributed by atoms with Crippen molar-refractivity contribution in [2.24, 2.45) is 0 Å². The topological polar surface area (TPSA) is 34.1 Å². The van der Waals surface area contributed by atoms with Crippen LogP contribution < -0.4 is 9.75 Å². The third-order valence-corrected chi connectivity index (χ3v) is 6.33. The van der Waals surface area contributed by atoms with E-state index in [-0.39, 0.29) is 11.6 Å². The Balaban J connectivity index is 2.08. The lowest BCUT2D eigenvalue weighted by molar-refractivity contribution is 0.0989. The number of benzene rings is 1. The number of rotatable bonds is 0. The molecule has 0 bridgehead atoms. The summed E-state index contributed by atoms with van der Waals surface area (Å²) in [6.45, 7) is 5.89. The predicted molar refractivity (Wildman–Crippen MR) is 101 cm³/mol. The molecule has 0 amide bonds. The van der Waals surface area contributed by atoms with Crippen LogP contribution in [0.5, 0.6) is 0 Å². The average molecular weight is 350 g/mol. The minimum atomic E-state index is -0.142. The van der Waals surface area contributed by atoms with Gasteiger partial charge in [0.1, 0.15) is 0 Å². The number of fused-ring (bicyclic) bond motifs is 3. The fraction of sp³-hybridized carbons (Fsp3) is 0.100. The Morgan fingerprint density at radius 1 is 1.17 bits per heavy atom. The Bertz CT molecular complexity index is 1070. The molecule has 2 aromatic rings. The zero-order chi connectivity index (χ0) is 16.8. The van der Waals surface area contributed by atoms with Crippen LogP contribution in [0.15, 0.2) is 46.7 Å². The highest BCUT2D eigenvalue weighted by Gasteiger charge is 2.34. The summed E-state index contributed by atoms with van der Waals surface area (Å²) in [5.41, 5.74) is 2.59. The Morgan fingerprint density at radius 2 is 2.00 bits per heavy atom. The molecular weight excluding hydrogens is 336 g/mol. The van der Waals surface area contributed by atoms with Crippen LogP contribution in [0.2, 0.25) is 0 Å². The Hall–Kier alpha value is -2.17. The molecule has 0 spiro atoms. The van der Waals surface area contributed by atoms with E-state index in [1.807, 2.05) is 42.7 Å². The predicted octanol–water partition coefficient (Wildman–Crippen LogP) is 3.45. The normalized spacial score (nSPS) is 19.5. The van der Waals surface area contributed by atoms with Crippen molar-refractivity contribution in [3.05, 3.63) is 68.2 Å². The molecule has 24 heavy (non-hydrogen) atoms. The van der Waals surface area contributed by atoms with E-state index in [4.69, 9.17) is 0 Å². The van der Waals surface area contributed by atoms with Crippen LogP contribution >= 0.6 is 23.1 Å². The fourth-order valence-electron chi connectivity index (χ4n) is 3.20. The molecule has 1 aliphatic carbocycles. The van der Waals surface area contributed by atoms with Gasteiger partial charge in [-0.1, -0.05) is 24.8 Å². The maximum absolute atomic E-state index is 13.1. The third-order valence-electron chi connectivity index (χ3n) is 4.33. The Kier molecular flexibility index (Phi) is 3.66. The molecule has 0 saturated carbocycles. The summed E-state index contributed by atoms with van der Waals surface area (Å²) in [7, 11) is 0. The number of ketones is 2. The van der Waals surface area contributed by atoms with Crippen LogP contribution in [-0.2, 0) is 0 Å². The first-order valence-electron chi connectivity index (χ1n) is 7.62. The number of hydrogen-bond donors (Lipinski definition) is 0. The lowest BCUT2D eigenvalue weighted by Gasteiger charge is -2.23. The van der Waals surface area contributed by atoms with Gasteiger partial charge in [0.05, 0.1) is 0 Å². The second kappa shape index (κ2) is 5.72. The van der Waals surface area contributed by atoms with Gasteiger partial charge in [-0.05, 0) is 36.1 Å². The second-order valence-electron chi connectivity index (χ2n) is 5.61. The van der Waals surface area contributed by atoms with Crippen molar-refractivity contribution in [1.82, 2.24) is 0 Å². The van der Waals surface area contributed by atoms with E-state index in [1.54, 1.807) is 29.2 Å². The first kappa shape index (κ1) is 15.4. The summed E-state index contributed by atoms with van der Waals surface area (Å²) in [6, 6.07) is 5.62. The SMILES string of the molecule is C=C1C(=O)c2c(ccc3c2C=CCS3)C(=O)/C1=c1\ccs\c1=C\C. The number of carbonyl (C=O) groups is 2. The maximum atomic E-state index is 13.1. The monoisotopic (exact) mass is 350 g/mol. The van der Waals surface area contributed by atoms with Gasteiger partial charge in [-0.3, -0.25) is 9.59 Å². The quantitative estimate of drug-likeness (QED) is 0.683. The molecule has 2 nitrogen and oxygen atoms in total. The van der Waals surface area contributed by atoms with Crippen LogP contribution in [0.25, 0.3) is 17.7 Å². The van der Waals surface area contributed by atoms with Crippen molar-refractivity contribution in [2.75, 3.05) is 5.75 Å². The number of Topliss-reactive ketones (excluding diaryl/α,β-unsaturated/α-hetero) is 2. The number of thiophene rings is 1. The molecule has 2 heterocycles. The zero-order valence-corrected chi connectivity index (χ0v) is 14.7. The van der Waals surface area contributed by atoms with Gasteiger partial charge < -0.3 is 0 Å². The van der Waals surface area contributed by atoms with E-state index in [0.717, 1.165) is 26.0 Å². The molecule has 1 aromatic carbocycles. The Morgan fingerprint density at radius 3 is 2.79 bits per heavy atom. The molecule has 4 rings (SSSR count). The largest absolute Gasteiger partial charge is 0.289 e. The zero-order valence-electron chi connectivity index (χ0n) is 13.1. The number of hydrogen-bond acceptors (Lipinski definition) is 4. The standard InChI is InChI=1S/C20H14O2S2/c1-3-15-13(8-10-24-15)17-11(2)19(21)18-12-5-4-9-23-16(12)7-6-14(18)20(17)22/h3-8,10H,2,9H2,1H3/b15-3+,17-13+. The molecule has 0 atom stereocenters. The van der Waals surface area contributed by atoms with E-state index in [9.17, 15) is 9.59 Å². The minimum absolute atomic E-state index is 0.108. The molecule has 2 aliphatic rings. The molecule has 0 fully saturated rings. The van der Waals surface area contributed by atoms with E-state index in [0.29, 0.717) is 22.3 Å². The van der Waals surface area contributed by atoms with Gasteiger partial charge in [-0.15, -0.1) is 23.1 Å². The first-order valence-corrected chi connectivity index (χ1v) is 9.49. The summed E-state index contributed by atoms with van der Waals surface area (Å²) in [5, 5.41) is 2.74. The summed E-state index contributed by atoms with van der Waals surface area (Å²) in [6.07, 6.45) is 5.93. The summed E-state index contributed by atoms with van der Waals surface area (Å²) >= 11 is 3.24. The van der Waals surface area contributed by atoms with Crippen LogP contribution in [0, 0.1) is 0 Å². The van der Waals surface area contributed by atoms with Crippen LogP contribution in [0.3, 0.4) is 0 Å². The third kappa shape index (κ3) is 2.10. The number of thioether (sulfide) groups is 1. The van der Waals surface area contributed by atoms with Crippen molar-refractivity contribution >= 4 is 52.4 Å². The molecule has 0 N–H and O–H groups in total. The summed E-state index contributed by atoms with van der Waals surface area (Å²) in [4.78, 5) is 27.2. The van der Waals surface area contributed by atoms with Gasteiger partial charge in [0.15, 0.2) is 11.6 Å². The van der Waals surface area contributed by atoms with E-state index >= 15 is 0 Å². The van der Waals surface area contributed by atoms with E-state index in [1.165, 1.54) is 0 Å². The first-order chi connectivity index (χ1) is 11.6. The highest BCUT2D eigenvalue weighted by Crippen LogP contribution is 2.38. The van der Waals surface area contributed by atoms with Gasteiger partial charge in [0.25, 0.3) is 0 Å². The minimum Gasteiger partial charge on any atom is -0.289 e. The molecule has 0 saturated heterocycles. The fourth-order valence-corrected chi connectivity index (χ4v) is 4.85. The number of allylic oxidation sites excluding steroid dienone is 1. The van der Waals surface area contributed by atoms with Gasteiger partial charge in [-0.2, -0.15) is 0 Å².